The van der Waals surface area contributed by atoms with E-state index in [1.807, 2.05) is 0 Å². The first kappa shape index (κ1) is 12.8. The molecule has 20 heavy (non-hydrogen) atoms. The van der Waals surface area contributed by atoms with Crippen LogP contribution in [0.1, 0.15) is 37.3 Å². The summed E-state index contributed by atoms with van der Waals surface area (Å²) in [5.41, 5.74) is 3.18. The van der Waals surface area contributed by atoms with Crippen molar-refractivity contribution in [2.75, 3.05) is 13.1 Å². The Bertz CT molecular complexity index is 480. The van der Waals surface area contributed by atoms with Crippen LogP contribution in [-0.2, 0) is 12.8 Å². The largest absolute Gasteiger partial charge is 0.311 e. The summed E-state index contributed by atoms with van der Waals surface area (Å²) in [5.74, 6) is 0.973. The van der Waals surface area contributed by atoms with Gasteiger partial charge in [0.1, 0.15) is 0 Å². The van der Waals surface area contributed by atoms with Gasteiger partial charge in [-0.05, 0) is 56.1 Å². The van der Waals surface area contributed by atoms with Crippen LogP contribution in [0.25, 0.3) is 0 Å². The number of hydrogen-bond acceptors (Lipinski definition) is 2. The minimum Gasteiger partial charge on any atom is -0.311 e. The van der Waals surface area contributed by atoms with E-state index in [9.17, 15) is 0 Å². The first-order chi connectivity index (χ1) is 9.81. The van der Waals surface area contributed by atoms with Crippen molar-refractivity contribution in [1.29, 1.82) is 0 Å². The third kappa shape index (κ3) is 2.40. The Hall–Kier alpha value is -0.860. The van der Waals surface area contributed by atoms with E-state index in [0.717, 1.165) is 18.0 Å². The van der Waals surface area contributed by atoms with Gasteiger partial charge in [0.25, 0.3) is 0 Å². The van der Waals surface area contributed by atoms with Crippen LogP contribution in [0.5, 0.6) is 0 Å². The highest BCUT2D eigenvalue weighted by Gasteiger charge is 2.38. The molecule has 1 N–H and O–H groups in total. The average molecular weight is 270 g/mol. The topological polar surface area (TPSA) is 15.3 Å². The Morgan fingerprint density at radius 3 is 2.70 bits per heavy atom. The van der Waals surface area contributed by atoms with Crippen LogP contribution < -0.4 is 5.32 Å². The zero-order valence-electron chi connectivity index (χ0n) is 12.5. The Labute approximate surface area is 122 Å². The van der Waals surface area contributed by atoms with Crippen LogP contribution >= 0.6 is 0 Å². The fourth-order valence-corrected chi connectivity index (χ4v) is 4.20. The Morgan fingerprint density at radius 2 is 1.90 bits per heavy atom. The van der Waals surface area contributed by atoms with Crippen molar-refractivity contribution in [3.8, 4) is 0 Å². The summed E-state index contributed by atoms with van der Waals surface area (Å²) in [5, 5.41) is 3.78. The molecule has 1 aromatic carbocycles. The summed E-state index contributed by atoms with van der Waals surface area (Å²) in [7, 11) is 0. The van der Waals surface area contributed by atoms with Gasteiger partial charge in [0.2, 0.25) is 0 Å². The lowest BCUT2D eigenvalue weighted by Gasteiger charge is -2.45. The lowest BCUT2D eigenvalue weighted by molar-refractivity contribution is 0.0772. The summed E-state index contributed by atoms with van der Waals surface area (Å²) in [6, 6.07) is 11.3. The predicted octanol–water partition coefficient (Wildman–Crippen LogP) is 2.62. The molecule has 3 aliphatic rings. The van der Waals surface area contributed by atoms with Crippen molar-refractivity contribution < 1.29 is 0 Å². The predicted molar refractivity (Wildman–Crippen MR) is 82.9 cm³/mol. The monoisotopic (exact) mass is 270 g/mol. The summed E-state index contributed by atoms with van der Waals surface area (Å²) in [4.78, 5) is 2.81. The molecular formula is C18H26N2. The molecule has 2 fully saturated rings. The SMILES string of the molecule is CC1CNC(C2CC2)CN1C1CCc2ccccc2C1. The van der Waals surface area contributed by atoms with Crippen molar-refractivity contribution >= 4 is 0 Å². The molecule has 0 radical (unpaired) electrons. The molecule has 1 saturated carbocycles. The van der Waals surface area contributed by atoms with E-state index >= 15 is 0 Å². The molecule has 1 aromatic rings. The Kier molecular flexibility index (Phi) is 3.31. The van der Waals surface area contributed by atoms with Gasteiger partial charge in [0.05, 0.1) is 0 Å². The van der Waals surface area contributed by atoms with E-state index in [1.165, 1.54) is 45.2 Å². The maximum Gasteiger partial charge on any atom is 0.0224 e. The van der Waals surface area contributed by atoms with Crippen LogP contribution in [-0.4, -0.2) is 36.1 Å². The molecule has 2 nitrogen and oxygen atoms in total. The van der Waals surface area contributed by atoms with Gasteiger partial charge >= 0.3 is 0 Å². The van der Waals surface area contributed by atoms with Gasteiger partial charge in [-0.1, -0.05) is 24.3 Å². The van der Waals surface area contributed by atoms with Gasteiger partial charge in [-0.2, -0.15) is 0 Å². The first-order valence-corrected chi connectivity index (χ1v) is 8.37. The van der Waals surface area contributed by atoms with E-state index in [1.54, 1.807) is 11.1 Å². The zero-order chi connectivity index (χ0) is 13.5. The van der Waals surface area contributed by atoms with Crippen LogP contribution in [0, 0.1) is 5.92 Å². The quantitative estimate of drug-likeness (QED) is 0.888. The number of hydrogen-bond donors (Lipinski definition) is 1. The summed E-state index contributed by atoms with van der Waals surface area (Å²) >= 11 is 0. The second-order valence-corrected chi connectivity index (χ2v) is 7.06. The van der Waals surface area contributed by atoms with Crippen molar-refractivity contribution in [1.82, 2.24) is 10.2 Å². The maximum atomic E-state index is 3.78. The number of benzene rings is 1. The number of rotatable bonds is 2. The van der Waals surface area contributed by atoms with Crippen LogP contribution in [0.3, 0.4) is 0 Å². The molecule has 4 rings (SSSR count). The first-order valence-electron chi connectivity index (χ1n) is 8.37. The molecule has 3 atom stereocenters. The second-order valence-electron chi connectivity index (χ2n) is 7.06. The van der Waals surface area contributed by atoms with Gasteiger partial charge in [0.15, 0.2) is 0 Å². The molecule has 0 amide bonds. The highest BCUT2D eigenvalue weighted by atomic mass is 15.3. The van der Waals surface area contributed by atoms with E-state index in [4.69, 9.17) is 0 Å². The van der Waals surface area contributed by atoms with Crippen LogP contribution in [0.15, 0.2) is 24.3 Å². The molecule has 1 heterocycles. The van der Waals surface area contributed by atoms with Gasteiger partial charge in [-0.25, -0.2) is 0 Å². The average Bonchev–Trinajstić information content (AvgIpc) is 3.32. The third-order valence-corrected chi connectivity index (χ3v) is 5.63. The van der Waals surface area contributed by atoms with E-state index in [0.29, 0.717) is 6.04 Å². The van der Waals surface area contributed by atoms with E-state index in [2.05, 4.69) is 41.4 Å². The van der Waals surface area contributed by atoms with Crippen molar-refractivity contribution in [3.63, 3.8) is 0 Å². The van der Waals surface area contributed by atoms with Crippen molar-refractivity contribution in [2.45, 2.75) is 57.2 Å². The molecular weight excluding hydrogens is 244 g/mol. The second kappa shape index (κ2) is 5.16. The van der Waals surface area contributed by atoms with Crippen LogP contribution in [0.4, 0.5) is 0 Å². The minimum atomic E-state index is 0.695. The number of nitrogens with one attached hydrogen (secondary N) is 1. The molecule has 2 aliphatic carbocycles. The highest BCUT2D eigenvalue weighted by molar-refractivity contribution is 5.30. The van der Waals surface area contributed by atoms with E-state index in [-0.39, 0.29) is 0 Å². The fraction of sp³-hybridized carbons (Fsp3) is 0.667. The number of piperazine rings is 1. The van der Waals surface area contributed by atoms with Gasteiger partial charge in [-0.15, -0.1) is 0 Å². The minimum absolute atomic E-state index is 0.695. The van der Waals surface area contributed by atoms with Gasteiger partial charge < -0.3 is 5.32 Å². The van der Waals surface area contributed by atoms with Gasteiger partial charge in [-0.3, -0.25) is 4.90 Å². The van der Waals surface area contributed by atoms with Crippen LogP contribution in [0.2, 0.25) is 0 Å². The Morgan fingerprint density at radius 1 is 1.10 bits per heavy atom. The fourth-order valence-electron chi connectivity index (χ4n) is 4.20. The Balaban J connectivity index is 1.49. The number of nitrogens with zero attached hydrogens (tertiary/aromatic N) is 1. The maximum absolute atomic E-state index is 3.78. The molecule has 0 bridgehead atoms. The zero-order valence-corrected chi connectivity index (χ0v) is 12.5. The molecule has 1 saturated heterocycles. The smallest absolute Gasteiger partial charge is 0.0224 e. The summed E-state index contributed by atoms with van der Waals surface area (Å²) < 4.78 is 0. The molecule has 2 heteroatoms. The molecule has 0 spiro atoms. The number of fused-ring (bicyclic) bond motifs is 1. The molecule has 0 aromatic heterocycles. The molecule has 1 aliphatic heterocycles. The summed E-state index contributed by atoms with van der Waals surface area (Å²) in [6.07, 6.45) is 6.78. The van der Waals surface area contributed by atoms with Crippen molar-refractivity contribution in [3.05, 3.63) is 35.4 Å². The molecule has 108 valence electrons. The lowest BCUT2D eigenvalue weighted by Crippen LogP contribution is -2.60. The molecule has 3 unspecified atom stereocenters. The third-order valence-electron chi connectivity index (χ3n) is 5.63. The lowest BCUT2D eigenvalue weighted by atomic mass is 9.86. The normalized spacial score (nSPS) is 34.8. The van der Waals surface area contributed by atoms with Gasteiger partial charge in [0, 0.05) is 31.2 Å². The highest BCUT2D eigenvalue weighted by Crippen LogP contribution is 2.35. The standard InChI is InChI=1S/C18H26N2/c1-13-11-19-18(15-6-7-15)12-20(13)17-9-8-14-4-2-3-5-16(14)10-17/h2-5,13,15,17-19H,6-12H2,1H3. The van der Waals surface area contributed by atoms with E-state index < -0.39 is 0 Å². The summed E-state index contributed by atoms with van der Waals surface area (Å²) in [6.45, 7) is 4.86. The number of aryl methyl sites for hydroxylation is 1. The van der Waals surface area contributed by atoms with Crippen molar-refractivity contribution in [2.24, 2.45) is 5.92 Å².